The molecule has 0 radical (unpaired) electrons. The van der Waals surface area contributed by atoms with Crippen LogP contribution in [-0.2, 0) is 0 Å². The van der Waals surface area contributed by atoms with Crippen molar-refractivity contribution in [1.29, 1.82) is 0 Å². The predicted molar refractivity (Wildman–Crippen MR) is 58.7 cm³/mol. The smallest absolute Gasteiger partial charge is 0.00482 e. The Morgan fingerprint density at radius 3 is 2.54 bits per heavy atom. The van der Waals surface area contributed by atoms with E-state index in [-0.39, 0.29) is 0 Å². The standard InChI is InChI=1S/C10H25N3/c1-2-10(12)6-9-13-8-5-3-4-7-11/h10,13H,2-9,11-12H2,1H3. The Hall–Kier alpha value is -0.120. The molecule has 0 saturated carbocycles. The van der Waals surface area contributed by atoms with Crippen molar-refractivity contribution in [3.63, 3.8) is 0 Å². The number of rotatable bonds is 9. The van der Waals surface area contributed by atoms with Crippen LogP contribution in [0.3, 0.4) is 0 Å². The van der Waals surface area contributed by atoms with Gasteiger partial charge < -0.3 is 16.8 Å². The van der Waals surface area contributed by atoms with E-state index in [2.05, 4.69) is 12.2 Å². The molecule has 0 amide bonds. The van der Waals surface area contributed by atoms with Crippen LogP contribution in [0.4, 0.5) is 0 Å². The molecule has 13 heavy (non-hydrogen) atoms. The fourth-order valence-corrected chi connectivity index (χ4v) is 1.19. The van der Waals surface area contributed by atoms with Crippen molar-refractivity contribution in [1.82, 2.24) is 5.32 Å². The summed E-state index contributed by atoms with van der Waals surface area (Å²) in [5.41, 5.74) is 11.2. The summed E-state index contributed by atoms with van der Waals surface area (Å²) in [6, 6.07) is 0.372. The van der Waals surface area contributed by atoms with Gasteiger partial charge in [-0.15, -0.1) is 0 Å². The van der Waals surface area contributed by atoms with Crippen molar-refractivity contribution in [2.45, 2.75) is 45.1 Å². The number of nitrogens with one attached hydrogen (secondary N) is 1. The van der Waals surface area contributed by atoms with E-state index < -0.39 is 0 Å². The van der Waals surface area contributed by atoms with Crippen LogP contribution < -0.4 is 16.8 Å². The van der Waals surface area contributed by atoms with Gasteiger partial charge in [0.15, 0.2) is 0 Å². The minimum atomic E-state index is 0.372. The molecule has 0 fully saturated rings. The highest BCUT2D eigenvalue weighted by Gasteiger charge is 1.96. The first-order valence-electron chi connectivity index (χ1n) is 5.47. The largest absolute Gasteiger partial charge is 0.330 e. The van der Waals surface area contributed by atoms with Crippen molar-refractivity contribution in [2.75, 3.05) is 19.6 Å². The van der Waals surface area contributed by atoms with Gasteiger partial charge >= 0.3 is 0 Å². The SMILES string of the molecule is CCC(N)CCNCCCCCN. The average molecular weight is 187 g/mol. The molecule has 0 bridgehead atoms. The fourth-order valence-electron chi connectivity index (χ4n) is 1.19. The second-order valence-corrected chi connectivity index (χ2v) is 3.56. The molecule has 0 saturated heterocycles. The molecular weight excluding hydrogens is 162 g/mol. The van der Waals surface area contributed by atoms with Gasteiger partial charge in [-0.1, -0.05) is 13.3 Å². The third-order valence-electron chi connectivity index (χ3n) is 2.27. The summed E-state index contributed by atoms with van der Waals surface area (Å²) in [6.45, 7) is 5.11. The molecule has 3 heteroatoms. The molecule has 0 spiro atoms. The summed E-state index contributed by atoms with van der Waals surface area (Å²) < 4.78 is 0. The first-order chi connectivity index (χ1) is 6.31. The summed E-state index contributed by atoms with van der Waals surface area (Å²) >= 11 is 0. The third kappa shape index (κ3) is 9.80. The Morgan fingerprint density at radius 1 is 1.15 bits per heavy atom. The molecule has 0 aliphatic carbocycles. The van der Waals surface area contributed by atoms with E-state index >= 15 is 0 Å². The van der Waals surface area contributed by atoms with Crippen molar-refractivity contribution in [3.05, 3.63) is 0 Å². The number of nitrogens with two attached hydrogens (primary N) is 2. The minimum absolute atomic E-state index is 0.372. The van der Waals surface area contributed by atoms with Crippen LogP contribution in [0.15, 0.2) is 0 Å². The van der Waals surface area contributed by atoms with Crippen LogP contribution in [0.2, 0.25) is 0 Å². The predicted octanol–water partition coefficient (Wildman–Crippen LogP) is 0.832. The number of unbranched alkanes of at least 4 members (excludes halogenated alkanes) is 2. The van der Waals surface area contributed by atoms with Gasteiger partial charge in [0.25, 0.3) is 0 Å². The molecule has 0 aliphatic rings. The normalized spacial score (nSPS) is 13.2. The molecule has 0 aliphatic heterocycles. The van der Waals surface area contributed by atoms with Gasteiger partial charge in [0.05, 0.1) is 0 Å². The lowest BCUT2D eigenvalue weighted by Crippen LogP contribution is -2.26. The third-order valence-corrected chi connectivity index (χ3v) is 2.27. The van der Waals surface area contributed by atoms with E-state index in [0.29, 0.717) is 6.04 Å². The lowest BCUT2D eigenvalue weighted by molar-refractivity contribution is 0.535. The first-order valence-corrected chi connectivity index (χ1v) is 5.47. The molecule has 1 atom stereocenters. The quantitative estimate of drug-likeness (QED) is 0.469. The van der Waals surface area contributed by atoms with Crippen molar-refractivity contribution in [2.24, 2.45) is 11.5 Å². The Labute approximate surface area is 82.3 Å². The van der Waals surface area contributed by atoms with Gasteiger partial charge in [0, 0.05) is 6.04 Å². The molecule has 80 valence electrons. The zero-order chi connectivity index (χ0) is 9.94. The van der Waals surface area contributed by atoms with Crippen LogP contribution >= 0.6 is 0 Å². The first kappa shape index (κ1) is 12.9. The van der Waals surface area contributed by atoms with Crippen LogP contribution in [0.1, 0.15) is 39.0 Å². The molecule has 5 N–H and O–H groups in total. The Kier molecular flexibility index (Phi) is 9.87. The van der Waals surface area contributed by atoms with Gasteiger partial charge in [-0.2, -0.15) is 0 Å². The molecule has 1 unspecified atom stereocenters. The molecule has 0 rings (SSSR count). The van der Waals surface area contributed by atoms with Crippen LogP contribution in [0.25, 0.3) is 0 Å². The summed E-state index contributed by atoms with van der Waals surface area (Å²) in [6.07, 6.45) is 5.79. The topological polar surface area (TPSA) is 64.1 Å². The van der Waals surface area contributed by atoms with E-state index in [9.17, 15) is 0 Å². The van der Waals surface area contributed by atoms with Crippen LogP contribution in [0, 0.1) is 0 Å². The maximum absolute atomic E-state index is 5.78. The molecule has 0 aromatic rings. The molecule has 0 aromatic heterocycles. The highest BCUT2D eigenvalue weighted by atomic mass is 14.8. The maximum Gasteiger partial charge on any atom is 0.00482 e. The van der Waals surface area contributed by atoms with Crippen molar-refractivity contribution >= 4 is 0 Å². The Balaban J connectivity index is 2.91. The second-order valence-electron chi connectivity index (χ2n) is 3.56. The van der Waals surface area contributed by atoms with E-state index in [1.807, 2.05) is 0 Å². The molecule has 0 aromatic carbocycles. The van der Waals surface area contributed by atoms with E-state index in [1.165, 1.54) is 12.8 Å². The van der Waals surface area contributed by atoms with Gasteiger partial charge in [-0.3, -0.25) is 0 Å². The second kappa shape index (κ2) is 9.96. The van der Waals surface area contributed by atoms with Gasteiger partial charge in [-0.05, 0) is 45.3 Å². The lowest BCUT2D eigenvalue weighted by Gasteiger charge is -2.09. The van der Waals surface area contributed by atoms with Gasteiger partial charge in [-0.25, -0.2) is 0 Å². The molecule has 3 nitrogen and oxygen atoms in total. The van der Waals surface area contributed by atoms with E-state index in [4.69, 9.17) is 11.5 Å². The monoisotopic (exact) mass is 187 g/mol. The zero-order valence-electron chi connectivity index (χ0n) is 8.89. The van der Waals surface area contributed by atoms with Gasteiger partial charge in [0.1, 0.15) is 0 Å². The fraction of sp³-hybridized carbons (Fsp3) is 1.00. The molecular formula is C10H25N3. The summed E-state index contributed by atoms with van der Waals surface area (Å²) in [7, 11) is 0. The zero-order valence-corrected chi connectivity index (χ0v) is 8.89. The lowest BCUT2D eigenvalue weighted by atomic mass is 10.2. The number of hydrogen-bond donors (Lipinski definition) is 3. The Bertz CT molecular complexity index is 96.2. The van der Waals surface area contributed by atoms with Crippen LogP contribution in [0.5, 0.6) is 0 Å². The highest BCUT2D eigenvalue weighted by molar-refractivity contribution is 4.60. The maximum atomic E-state index is 5.78. The summed E-state index contributed by atoms with van der Waals surface area (Å²) in [5, 5.41) is 3.39. The summed E-state index contributed by atoms with van der Waals surface area (Å²) in [4.78, 5) is 0. The number of hydrogen-bond acceptors (Lipinski definition) is 3. The van der Waals surface area contributed by atoms with Crippen molar-refractivity contribution in [3.8, 4) is 0 Å². The highest BCUT2D eigenvalue weighted by Crippen LogP contribution is 1.93. The van der Waals surface area contributed by atoms with Crippen LogP contribution in [-0.4, -0.2) is 25.7 Å². The Morgan fingerprint density at radius 2 is 1.92 bits per heavy atom. The minimum Gasteiger partial charge on any atom is -0.330 e. The average Bonchev–Trinajstić information content (AvgIpc) is 2.16. The summed E-state index contributed by atoms with van der Waals surface area (Å²) in [5.74, 6) is 0. The van der Waals surface area contributed by atoms with E-state index in [1.54, 1.807) is 0 Å². The van der Waals surface area contributed by atoms with Gasteiger partial charge in [0.2, 0.25) is 0 Å². The van der Waals surface area contributed by atoms with E-state index in [0.717, 1.165) is 38.9 Å². The van der Waals surface area contributed by atoms with Crippen molar-refractivity contribution < 1.29 is 0 Å². The molecule has 0 heterocycles.